The lowest BCUT2D eigenvalue weighted by Gasteiger charge is -1.98. The van der Waals surface area contributed by atoms with Crippen LogP contribution in [-0.4, -0.2) is 10.8 Å². The van der Waals surface area contributed by atoms with E-state index in [0.29, 0.717) is 0 Å². The van der Waals surface area contributed by atoms with E-state index in [1.807, 2.05) is 30.5 Å². The van der Waals surface area contributed by atoms with Crippen molar-refractivity contribution in [2.75, 3.05) is 0 Å². The summed E-state index contributed by atoms with van der Waals surface area (Å²) in [6.45, 7) is 4.18. The van der Waals surface area contributed by atoms with Gasteiger partial charge in [0.05, 0.1) is 5.69 Å². The van der Waals surface area contributed by atoms with Crippen LogP contribution in [0.4, 0.5) is 5.69 Å². The molecule has 0 unspecified atom stereocenters. The molecular weight excluding hydrogens is 232 g/mol. The van der Waals surface area contributed by atoms with Crippen molar-refractivity contribution in [3.8, 4) is 0 Å². The van der Waals surface area contributed by atoms with Crippen LogP contribution in [0.1, 0.15) is 17.0 Å². The number of aromatic nitrogens is 1. The predicted octanol–water partition coefficient (Wildman–Crippen LogP) is 4.05. The smallest absolute Gasteiger partial charge is 0.0630 e. The fourth-order valence-corrected chi connectivity index (χ4v) is 1.81. The molecule has 1 heterocycles. The highest BCUT2D eigenvalue weighted by atomic mass is 35.5. The summed E-state index contributed by atoms with van der Waals surface area (Å²) in [5.74, 6) is 0. The van der Waals surface area contributed by atoms with E-state index in [-0.39, 0.29) is 0 Å². The zero-order valence-corrected chi connectivity index (χ0v) is 11.0. The summed E-state index contributed by atoms with van der Waals surface area (Å²) in [5.41, 5.74) is 4.52. The van der Waals surface area contributed by atoms with Crippen LogP contribution in [0, 0.1) is 13.8 Å². The SMILES string of the molecule is Cc1cc(C=Nc2ccc(Cl)cc2)c(C)n1C. The fraction of sp³-hybridized carbons (Fsp3) is 0.214. The molecule has 0 fully saturated rings. The van der Waals surface area contributed by atoms with Crippen LogP contribution >= 0.6 is 11.6 Å². The number of nitrogens with zero attached hydrogens (tertiary/aromatic N) is 2. The quantitative estimate of drug-likeness (QED) is 0.712. The molecule has 2 rings (SSSR count). The lowest BCUT2D eigenvalue weighted by Crippen LogP contribution is -1.93. The molecule has 3 heteroatoms. The van der Waals surface area contributed by atoms with Gasteiger partial charge in [0.15, 0.2) is 0 Å². The third-order valence-corrected chi connectivity index (χ3v) is 3.25. The van der Waals surface area contributed by atoms with Crippen molar-refractivity contribution in [3.05, 3.63) is 52.3 Å². The molecule has 0 aliphatic heterocycles. The van der Waals surface area contributed by atoms with E-state index in [4.69, 9.17) is 11.6 Å². The number of benzene rings is 1. The summed E-state index contributed by atoms with van der Waals surface area (Å²) in [4.78, 5) is 4.44. The van der Waals surface area contributed by atoms with Gasteiger partial charge in [-0.25, -0.2) is 0 Å². The summed E-state index contributed by atoms with van der Waals surface area (Å²) >= 11 is 5.82. The zero-order valence-electron chi connectivity index (χ0n) is 10.2. The van der Waals surface area contributed by atoms with Crippen LogP contribution in [0.5, 0.6) is 0 Å². The van der Waals surface area contributed by atoms with Crippen molar-refractivity contribution in [2.24, 2.45) is 12.0 Å². The van der Waals surface area contributed by atoms with E-state index >= 15 is 0 Å². The van der Waals surface area contributed by atoms with Crippen LogP contribution in [-0.2, 0) is 7.05 Å². The Morgan fingerprint density at radius 3 is 2.35 bits per heavy atom. The van der Waals surface area contributed by atoms with Gasteiger partial charge in [-0.1, -0.05) is 11.6 Å². The topological polar surface area (TPSA) is 17.3 Å². The molecule has 0 saturated heterocycles. The van der Waals surface area contributed by atoms with Crippen molar-refractivity contribution in [2.45, 2.75) is 13.8 Å². The van der Waals surface area contributed by atoms with E-state index in [1.54, 1.807) is 0 Å². The monoisotopic (exact) mass is 246 g/mol. The first-order chi connectivity index (χ1) is 8.08. The Hall–Kier alpha value is -1.54. The molecule has 0 spiro atoms. The summed E-state index contributed by atoms with van der Waals surface area (Å²) in [6, 6.07) is 9.64. The summed E-state index contributed by atoms with van der Waals surface area (Å²) < 4.78 is 2.16. The molecule has 0 amide bonds. The van der Waals surface area contributed by atoms with Gasteiger partial charge in [-0.15, -0.1) is 0 Å². The Bertz CT molecular complexity index is 550. The molecule has 0 saturated carbocycles. The van der Waals surface area contributed by atoms with Crippen molar-refractivity contribution in [1.82, 2.24) is 4.57 Å². The second-order valence-electron chi connectivity index (χ2n) is 4.12. The highest BCUT2D eigenvalue weighted by molar-refractivity contribution is 6.30. The maximum Gasteiger partial charge on any atom is 0.0630 e. The lowest BCUT2D eigenvalue weighted by molar-refractivity contribution is 0.843. The number of rotatable bonds is 2. The number of halogens is 1. The number of aryl methyl sites for hydroxylation is 1. The van der Waals surface area contributed by atoms with Gasteiger partial charge in [0.25, 0.3) is 0 Å². The summed E-state index contributed by atoms with van der Waals surface area (Å²) in [6.07, 6.45) is 1.89. The number of aliphatic imine (C=N–C) groups is 1. The minimum Gasteiger partial charge on any atom is -0.352 e. The molecule has 0 aliphatic rings. The number of hydrogen-bond acceptors (Lipinski definition) is 1. The summed E-state index contributed by atoms with van der Waals surface area (Å²) in [5, 5.41) is 0.732. The van der Waals surface area contributed by atoms with E-state index < -0.39 is 0 Å². The highest BCUT2D eigenvalue weighted by Crippen LogP contribution is 2.17. The molecule has 0 N–H and O–H groups in total. The molecule has 2 nitrogen and oxygen atoms in total. The van der Waals surface area contributed by atoms with Gasteiger partial charge in [-0.2, -0.15) is 0 Å². The standard InChI is InChI=1S/C14H15ClN2/c1-10-8-12(11(2)17(10)3)9-16-14-6-4-13(15)5-7-14/h4-9H,1-3H3. The fourth-order valence-electron chi connectivity index (χ4n) is 1.69. The van der Waals surface area contributed by atoms with Crippen molar-refractivity contribution >= 4 is 23.5 Å². The maximum absolute atomic E-state index is 5.82. The van der Waals surface area contributed by atoms with Crippen LogP contribution in [0.3, 0.4) is 0 Å². The molecule has 2 aromatic rings. The minimum absolute atomic E-state index is 0.732. The molecule has 0 radical (unpaired) electrons. The molecular formula is C14H15ClN2. The van der Waals surface area contributed by atoms with Crippen LogP contribution in [0.15, 0.2) is 35.3 Å². The number of hydrogen-bond donors (Lipinski definition) is 0. The van der Waals surface area contributed by atoms with Crippen LogP contribution in [0.25, 0.3) is 0 Å². The Balaban J connectivity index is 2.26. The van der Waals surface area contributed by atoms with Gasteiger partial charge in [-0.05, 0) is 44.2 Å². The van der Waals surface area contributed by atoms with Gasteiger partial charge in [0.1, 0.15) is 0 Å². The first-order valence-electron chi connectivity index (χ1n) is 5.50. The van der Waals surface area contributed by atoms with E-state index in [0.717, 1.165) is 16.3 Å². The average Bonchev–Trinajstić information content (AvgIpc) is 2.56. The second kappa shape index (κ2) is 4.76. The van der Waals surface area contributed by atoms with Gasteiger partial charge >= 0.3 is 0 Å². The largest absolute Gasteiger partial charge is 0.352 e. The Morgan fingerprint density at radius 2 is 1.82 bits per heavy atom. The molecule has 88 valence electrons. The first kappa shape index (κ1) is 11.9. The lowest BCUT2D eigenvalue weighted by atomic mass is 10.2. The molecule has 1 aromatic carbocycles. The molecule has 0 bridgehead atoms. The van der Waals surface area contributed by atoms with Crippen LogP contribution in [0.2, 0.25) is 5.02 Å². The van der Waals surface area contributed by atoms with Gasteiger partial charge in [-0.3, -0.25) is 4.99 Å². The van der Waals surface area contributed by atoms with E-state index in [9.17, 15) is 0 Å². The molecule has 1 aromatic heterocycles. The highest BCUT2D eigenvalue weighted by Gasteiger charge is 2.02. The predicted molar refractivity (Wildman–Crippen MR) is 73.6 cm³/mol. The molecule has 17 heavy (non-hydrogen) atoms. The third kappa shape index (κ3) is 2.59. The van der Waals surface area contributed by atoms with Crippen molar-refractivity contribution in [3.63, 3.8) is 0 Å². The van der Waals surface area contributed by atoms with E-state index in [1.165, 1.54) is 11.4 Å². The first-order valence-corrected chi connectivity index (χ1v) is 5.88. The Kier molecular flexibility index (Phi) is 3.34. The minimum atomic E-state index is 0.732. The summed E-state index contributed by atoms with van der Waals surface area (Å²) in [7, 11) is 2.06. The zero-order chi connectivity index (χ0) is 12.4. The normalized spacial score (nSPS) is 11.3. The Morgan fingerprint density at radius 1 is 1.18 bits per heavy atom. The van der Waals surface area contributed by atoms with Gasteiger partial charge in [0, 0.05) is 35.2 Å². The van der Waals surface area contributed by atoms with Crippen molar-refractivity contribution < 1.29 is 0 Å². The second-order valence-corrected chi connectivity index (χ2v) is 4.56. The van der Waals surface area contributed by atoms with Gasteiger partial charge < -0.3 is 4.57 Å². The molecule has 0 aliphatic carbocycles. The van der Waals surface area contributed by atoms with Crippen molar-refractivity contribution in [1.29, 1.82) is 0 Å². The Labute approximate surface area is 107 Å². The average molecular weight is 247 g/mol. The van der Waals surface area contributed by atoms with Crippen LogP contribution < -0.4 is 0 Å². The van der Waals surface area contributed by atoms with Gasteiger partial charge in [0.2, 0.25) is 0 Å². The van der Waals surface area contributed by atoms with E-state index in [2.05, 4.69) is 36.5 Å². The molecule has 0 atom stereocenters. The maximum atomic E-state index is 5.82. The third-order valence-electron chi connectivity index (χ3n) is 2.99.